The van der Waals surface area contributed by atoms with E-state index < -0.39 is 0 Å². The van der Waals surface area contributed by atoms with Crippen LogP contribution in [0.3, 0.4) is 0 Å². The van der Waals surface area contributed by atoms with Crippen LogP contribution in [0.2, 0.25) is 0 Å². The van der Waals surface area contributed by atoms with Gasteiger partial charge in [0.05, 0.1) is 11.6 Å². The van der Waals surface area contributed by atoms with E-state index in [-0.39, 0.29) is 0 Å². The number of nitriles is 1. The van der Waals surface area contributed by atoms with E-state index in [1.807, 2.05) is 24.3 Å². The molecule has 1 aromatic carbocycles. The van der Waals surface area contributed by atoms with Gasteiger partial charge in [0, 0.05) is 12.2 Å². The van der Waals surface area contributed by atoms with Crippen LogP contribution in [0.15, 0.2) is 24.3 Å². The van der Waals surface area contributed by atoms with Gasteiger partial charge in [-0.05, 0) is 36.5 Å². The van der Waals surface area contributed by atoms with Crippen LogP contribution in [-0.4, -0.2) is 6.54 Å². The highest BCUT2D eigenvalue weighted by atomic mass is 14.9. The Morgan fingerprint density at radius 1 is 1.44 bits per heavy atom. The molecule has 1 N–H and O–H groups in total. The molecule has 0 bridgehead atoms. The molecule has 16 heavy (non-hydrogen) atoms. The number of hydrogen-bond donors (Lipinski definition) is 1. The van der Waals surface area contributed by atoms with Gasteiger partial charge >= 0.3 is 0 Å². The Morgan fingerprint density at radius 3 is 3.00 bits per heavy atom. The van der Waals surface area contributed by atoms with Crippen LogP contribution < -0.4 is 5.32 Å². The number of nitrogens with zero attached hydrogens (tertiary/aromatic N) is 1. The maximum Gasteiger partial charge on any atom is 0.0992 e. The zero-order valence-corrected chi connectivity index (χ0v) is 9.74. The van der Waals surface area contributed by atoms with Gasteiger partial charge in [-0.2, -0.15) is 5.26 Å². The molecule has 84 valence electrons. The standard InChI is InChI=1S/C14H18N2/c1-11-4-2-6-13(11)10-16-14-7-3-5-12(8-14)9-15/h3,5,7-8,11,13,16H,2,4,6,10H2,1H3. The number of rotatable bonds is 3. The van der Waals surface area contributed by atoms with Crippen molar-refractivity contribution in [3.05, 3.63) is 29.8 Å². The van der Waals surface area contributed by atoms with Crippen LogP contribution in [0.25, 0.3) is 0 Å². The van der Waals surface area contributed by atoms with E-state index in [0.717, 1.165) is 29.6 Å². The Bertz CT molecular complexity index is 392. The van der Waals surface area contributed by atoms with Crippen LogP contribution in [0.5, 0.6) is 0 Å². The lowest BCUT2D eigenvalue weighted by molar-refractivity contribution is 0.439. The van der Waals surface area contributed by atoms with Gasteiger partial charge in [-0.3, -0.25) is 0 Å². The first kappa shape index (κ1) is 11.0. The lowest BCUT2D eigenvalue weighted by Crippen LogP contribution is -2.16. The largest absolute Gasteiger partial charge is 0.385 e. The second kappa shape index (κ2) is 5.03. The molecule has 0 aromatic heterocycles. The normalized spacial score (nSPS) is 24.0. The van der Waals surface area contributed by atoms with Gasteiger partial charge in [0.25, 0.3) is 0 Å². The molecule has 0 radical (unpaired) electrons. The van der Waals surface area contributed by atoms with Crippen molar-refractivity contribution >= 4 is 5.69 Å². The van der Waals surface area contributed by atoms with E-state index in [9.17, 15) is 0 Å². The first-order valence-electron chi connectivity index (χ1n) is 6.03. The van der Waals surface area contributed by atoms with Crippen LogP contribution in [0, 0.1) is 23.2 Å². The van der Waals surface area contributed by atoms with Gasteiger partial charge in [0.1, 0.15) is 0 Å². The summed E-state index contributed by atoms with van der Waals surface area (Å²) in [5.41, 5.74) is 1.79. The van der Waals surface area contributed by atoms with Crippen LogP contribution in [0.1, 0.15) is 31.7 Å². The minimum Gasteiger partial charge on any atom is -0.385 e. The third-order valence-corrected chi connectivity index (χ3v) is 3.60. The smallest absolute Gasteiger partial charge is 0.0992 e. The predicted molar refractivity (Wildman–Crippen MR) is 66.2 cm³/mol. The summed E-state index contributed by atoms with van der Waals surface area (Å²) in [5, 5.41) is 12.2. The molecular formula is C14H18N2. The zero-order valence-electron chi connectivity index (χ0n) is 9.74. The SMILES string of the molecule is CC1CCCC1CNc1cccc(C#N)c1. The highest BCUT2D eigenvalue weighted by molar-refractivity contribution is 5.49. The maximum atomic E-state index is 8.81. The van der Waals surface area contributed by atoms with Gasteiger partial charge in [0.15, 0.2) is 0 Å². The molecule has 0 heterocycles. The van der Waals surface area contributed by atoms with Crippen molar-refractivity contribution in [1.29, 1.82) is 5.26 Å². The third kappa shape index (κ3) is 2.55. The number of hydrogen-bond acceptors (Lipinski definition) is 2. The summed E-state index contributed by atoms with van der Waals surface area (Å²) >= 11 is 0. The van der Waals surface area contributed by atoms with E-state index >= 15 is 0 Å². The monoisotopic (exact) mass is 214 g/mol. The van der Waals surface area contributed by atoms with Gasteiger partial charge in [-0.25, -0.2) is 0 Å². The van der Waals surface area contributed by atoms with Crippen molar-refractivity contribution in [1.82, 2.24) is 0 Å². The molecule has 1 fully saturated rings. The average Bonchev–Trinajstić information content (AvgIpc) is 2.72. The first-order valence-corrected chi connectivity index (χ1v) is 6.03. The fourth-order valence-corrected chi connectivity index (χ4v) is 2.47. The summed E-state index contributed by atoms with van der Waals surface area (Å²) in [7, 11) is 0. The predicted octanol–water partition coefficient (Wildman–Crippen LogP) is 3.41. The van der Waals surface area contributed by atoms with Crippen molar-refractivity contribution in [2.45, 2.75) is 26.2 Å². The molecule has 1 saturated carbocycles. The summed E-state index contributed by atoms with van der Waals surface area (Å²) in [6.45, 7) is 3.38. The molecule has 1 aromatic rings. The summed E-state index contributed by atoms with van der Waals surface area (Å²) in [5.74, 6) is 1.64. The lowest BCUT2D eigenvalue weighted by Gasteiger charge is -2.16. The molecule has 2 rings (SSSR count). The molecule has 0 amide bonds. The fraction of sp³-hybridized carbons (Fsp3) is 0.500. The van der Waals surface area contributed by atoms with Crippen LogP contribution >= 0.6 is 0 Å². The average molecular weight is 214 g/mol. The maximum absolute atomic E-state index is 8.81. The lowest BCUT2D eigenvalue weighted by atomic mass is 9.98. The van der Waals surface area contributed by atoms with Crippen LogP contribution in [-0.2, 0) is 0 Å². The first-order chi connectivity index (χ1) is 7.79. The second-order valence-electron chi connectivity index (χ2n) is 4.74. The van der Waals surface area contributed by atoms with Crippen molar-refractivity contribution in [3.63, 3.8) is 0 Å². The molecular weight excluding hydrogens is 196 g/mol. The number of anilines is 1. The van der Waals surface area contributed by atoms with Gasteiger partial charge in [-0.15, -0.1) is 0 Å². The molecule has 2 unspecified atom stereocenters. The molecule has 2 heteroatoms. The zero-order chi connectivity index (χ0) is 11.4. The molecule has 2 nitrogen and oxygen atoms in total. The summed E-state index contributed by atoms with van der Waals surface area (Å²) in [4.78, 5) is 0. The summed E-state index contributed by atoms with van der Waals surface area (Å²) < 4.78 is 0. The number of nitrogens with one attached hydrogen (secondary N) is 1. The Morgan fingerprint density at radius 2 is 2.31 bits per heavy atom. The van der Waals surface area contributed by atoms with Gasteiger partial charge < -0.3 is 5.32 Å². The third-order valence-electron chi connectivity index (χ3n) is 3.60. The topological polar surface area (TPSA) is 35.8 Å². The van der Waals surface area contributed by atoms with E-state index in [1.54, 1.807) is 0 Å². The summed E-state index contributed by atoms with van der Waals surface area (Å²) in [6.07, 6.45) is 4.07. The molecule has 1 aliphatic rings. The van der Waals surface area contributed by atoms with E-state index in [0.29, 0.717) is 0 Å². The van der Waals surface area contributed by atoms with E-state index in [4.69, 9.17) is 5.26 Å². The molecule has 1 aliphatic carbocycles. The Balaban J connectivity index is 1.92. The highest BCUT2D eigenvalue weighted by Crippen LogP contribution is 2.31. The minimum atomic E-state index is 0.726. The fourth-order valence-electron chi connectivity index (χ4n) is 2.47. The molecule has 2 atom stereocenters. The van der Waals surface area contributed by atoms with E-state index in [2.05, 4.69) is 18.3 Å². The van der Waals surface area contributed by atoms with Crippen LogP contribution in [0.4, 0.5) is 5.69 Å². The second-order valence-corrected chi connectivity index (χ2v) is 4.74. The van der Waals surface area contributed by atoms with Crippen molar-refractivity contribution in [2.75, 3.05) is 11.9 Å². The van der Waals surface area contributed by atoms with Crippen molar-refractivity contribution in [2.24, 2.45) is 11.8 Å². The Labute approximate surface area is 97.3 Å². The molecule has 0 spiro atoms. The van der Waals surface area contributed by atoms with Gasteiger partial charge in [0.2, 0.25) is 0 Å². The van der Waals surface area contributed by atoms with Gasteiger partial charge in [-0.1, -0.05) is 25.8 Å². The minimum absolute atomic E-state index is 0.726. The van der Waals surface area contributed by atoms with Crippen molar-refractivity contribution in [3.8, 4) is 6.07 Å². The summed E-state index contributed by atoms with van der Waals surface area (Å²) in [6, 6.07) is 9.87. The molecule has 0 saturated heterocycles. The number of benzene rings is 1. The quantitative estimate of drug-likeness (QED) is 0.837. The van der Waals surface area contributed by atoms with E-state index in [1.165, 1.54) is 19.3 Å². The molecule has 0 aliphatic heterocycles. The Hall–Kier alpha value is -1.49. The Kier molecular flexibility index (Phi) is 3.46. The highest BCUT2D eigenvalue weighted by Gasteiger charge is 2.22. The van der Waals surface area contributed by atoms with Crippen molar-refractivity contribution < 1.29 is 0 Å².